The molecule has 148 valence electrons. The molecule has 2 aromatic carbocycles. The van der Waals surface area contributed by atoms with Gasteiger partial charge in [0.25, 0.3) is 5.91 Å². The third kappa shape index (κ3) is 4.73. The molecule has 1 fully saturated rings. The quantitative estimate of drug-likeness (QED) is 0.773. The summed E-state index contributed by atoms with van der Waals surface area (Å²) in [4.78, 5) is 27.4. The summed E-state index contributed by atoms with van der Waals surface area (Å²) in [6.45, 7) is 1.43. The molecule has 0 saturated carbocycles. The Labute approximate surface area is 159 Å². The van der Waals surface area contributed by atoms with Gasteiger partial charge in [-0.05, 0) is 30.3 Å². The van der Waals surface area contributed by atoms with Crippen LogP contribution in [0.2, 0.25) is 0 Å². The molecule has 1 saturated heterocycles. The number of alkyl halides is 3. The smallest absolute Gasteiger partial charge is 0.368 e. The van der Waals surface area contributed by atoms with Crippen LogP contribution in [0.15, 0.2) is 54.6 Å². The van der Waals surface area contributed by atoms with Gasteiger partial charge in [-0.3, -0.25) is 10.2 Å². The molecule has 2 aromatic rings. The zero-order chi connectivity index (χ0) is 20.1. The van der Waals surface area contributed by atoms with Crippen LogP contribution in [0.25, 0.3) is 0 Å². The molecule has 6 nitrogen and oxygen atoms in total. The molecule has 0 atom stereocenters. The van der Waals surface area contributed by atoms with Gasteiger partial charge in [-0.1, -0.05) is 24.3 Å². The summed E-state index contributed by atoms with van der Waals surface area (Å²) in [7, 11) is 0. The van der Waals surface area contributed by atoms with Crippen LogP contribution < -0.4 is 15.8 Å². The maximum Gasteiger partial charge on any atom is 0.416 e. The number of urea groups is 1. The minimum absolute atomic E-state index is 0.323. The molecule has 1 aliphatic heterocycles. The normalized spacial score (nSPS) is 14.5. The van der Waals surface area contributed by atoms with E-state index in [9.17, 15) is 22.8 Å². The van der Waals surface area contributed by atoms with Gasteiger partial charge in [0.15, 0.2) is 0 Å². The standard InChI is InChI=1S/C19H19F3N4O2/c20-19(21,22)15-7-4-8-16(13-15)25-9-11-26(12-10-25)18(28)24-23-17(27)14-5-2-1-3-6-14/h1-8,13H,9-12H2,(H,23,27)(H,24,28). The lowest BCUT2D eigenvalue weighted by Gasteiger charge is -2.36. The van der Waals surface area contributed by atoms with Crippen LogP contribution in [-0.2, 0) is 6.18 Å². The second-order valence-electron chi connectivity index (χ2n) is 6.27. The topological polar surface area (TPSA) is 64.7 Å². The van der Waals surface area contributed by atoms with Crippen molar-refractivity contribution >= 4 is 17.6 Å². The Bertz CT molecular complexity index is 835. The molecule has 1 aliphatic rings. The molecule has 0 aliphatic carbocycles. The lowest BCUT2D eigenvalue weighted by atomic mass is 10.1. The van der Waals surface area contributed by atoms with Crippen LogP contribution in [0.5, 0.6) is 0 Å². The van der Waals surface area contributed by atoms with Crippen molar-refractivity contribution in [2.75, 3.05) is 31.1 Å². The molecule has 0 unspecified atom stereocenters. The maximum atomic E-state index is 12.9. The summed E-state index contributed by atoms with van der Waals surface area (Å²) in [5, 5.41) is 0. The summed E-state index contributed by atoms with van der Waals surface area (Å²) < 4.78 is 38.6. The van der Waals surface area contributed by atoms with E-state index in [1.165, 1.54) is 11.0 Å². The number of benzene rings is 2. The van der Waals surface area contributed by atoms with Gasteiger partial charge >= 0.3 is 12.2 Å². The highest BCUT2D eigenvalue weighted by Crippen LogP contribution is 2.31. The van der Waals surface area contributed by atoms with Crippen molar-refractivity contribution < 1.29 is 22.8 Å². The first-order valence-corrected chi connectivity index (χ1v) is 8.67. The van der Waals surface area contributed by atoms with Crippen LogP contribution in [0.3, 0.4) is 0 Å². The Morgan fingerprint density at radius 1 is 0.857 bits per heavy atom. The maximum absolute atomic E-state index is 12.9. The highest BCUT2D eigenvalue weighted by atomic mass is 19.4. The minimum Gasteiger partial charge on any atom is -0.368 e. The zero-order valence-corrected chi connectivity index (χ0v) is 14.9. The Morgan fingerprint density at radius 2 is 1.54 bits per heavy atom. The fourth-order valence-corrected chi connectivity index (χ4v) is 2.90. The number of carbonyl (C=O) groups is 2. The van der Waals surface area contributed by atoms with Gasteiger partial charge in [-0.2, -0.15) is 13.2 Å². The van der Waals surface area contributed by atoms with Gasteiger partial charge in [0.05, 0.1) is 5.56 Å². The average Bonchev–Trinajstić information content (AvgIpc) is 2.72. The van der Waals surface area contributed by atoms with E-state index in [-0.39, 0.29) is 0 Å². The number of anilines is 1. The SMILES string of the molecule is O=C(NNC(=O)N1CCN(c2cccc(C(F)(F)F)c2)CC1)c1ccccc1. The van der Waals surface area contributed by atoms with Crippen molar-refractivity contribution in [3.63, 3.8) is 0 Å². The van der Waals surface area contributed by atoms with Crippen LogP contribution >= 0.6 is 0 Å². The number of hydrogen-bond donors (Lipinski definition) is 2. The molecule has 2 N–H and O–H groups in total. The molecule has 28 heavy (non-hydrogen) atoms. The second kappa shape index (κ2) is 8.20. The van der Waals surface area contributed by atoms with Crippen LogP contribution in [0.4, 0.5) is 23.7 Å². The highest BCUT2D eigenvalue weighted by molar-refractivity contribution is 5.95. The van der Waals surface area contributed by atoms with Gasteiger partial charge in [-0.25, -0.2) is 10.2 Å². The van der Waals surface area contributed by atoms with E-state index in [0.717, 1.165) is 12.1 Å². The van der Waals surface area contributed by atoms with Crippen molar-refractivity contribution in [3.8, 4) is 0 Å². The van der Waals surface area contributed by atoms with Crippen LogP contribution in [-0.4, -0.2) is 43.0 Å². The number of halogens is 3. The molecule has 0 radical (unpaired) electrons. The van der Waals surface area contributed by atoms with E-state index >= 15 is 0 Å². The van der Waals surface area contributed by atoms with Gasteiger partial charge < -0.3 is 9.80 Å². The average molecular weight is 392 g/mol. The number of hydrogen-bond acceptors (Lipinski definition) is 3. The number of amides is 3. The number of carbonyl (C=O) groups excluding carboxylic acids is 2. The summed E-state index contributed by atoms with van der Waals surface area (Å²) in [6.07, 6.45) is -4.39. The number of nitrogens with one attached hydrogen (secondary N) is 2. The molecule has 1 heterocycles. The summed E-state index contributed by atoms with van der Waals surface area (Å²) in [5.74, 6) is -0.434. The van der Waals surface area contributed by atoms with Crippen molar-refractivity contribution in [2.45, 2.75) is 6.18 Å². The summed E-state index contributed by atoms with van der Waals surface area (Å²) >= 11 is 0. The van der Waals surface area contributed by atoms with Crippen LogP contribution in [0, 0.1) is 0 Å². The molecule has 0 bridgehead atoms. The molecule has 3 rings (SSSR count). The summed E-state index contributed by atoms with van der Waals surface area (Å²) in [6, 6.07) is 13.1. The second-order valence-corrected chi connectivity index (χ2v) is 6.27. The van der Waals surface area contributed by atoms with Crippen molar-refractivity contribution in [2.24, 2.45) is 0 Å². The zero-order valence-electron chi connectivity index (χ0n) is 14.9. The Hall–Kier alpha value is -3.23. The molecule has 0 spiro atoms. The first-order chi connectivity index (χ1) is 13.3. The number of nitrogens with zero attached hydrogens (tertiary/aromatic N) is 2. The predicted octanol–water partition coefficient (Wildman–Crippen LogP) is 2.88. The van der Waals surface area contributed by atoms with Crippen molar-refractivity contribution in [1.29, 1.82) is 0 Å². The Balaban J connectivity index is 1.51. The molecule has 9 heteroatoms. The summed E-state index contributed by atoms with van der Waals surface area (Å²) in [5.41, 5.74) is 4.88. The number of rotatable bonds is 2. The van der Waals surface area contributed by atoms with E-state index < -0.39 is 23.7 Å². The molecular weight excluding hydrogens is 373 g/mol. The predicted molar refractivity (Wildman–Crippen MR) is 97.7 cm³/mol. The fraction of sp³-hybridized carbons (Fsp3) is 0.263. The molecule has 3 amide bonds. The van der Waals surface area contributed by atoms with Crippen LogP contribution in [0.1, 0.15) is 15.9 Å². The van der Waals surface area contributed by atoms with E-state index in [4.69, 9.17) is 0 Å². The van der Waals surface area contributed by atoms with Crippen molar-refractivity contribution in [3.05, 3.63) is 65.7 Å². The molecular formula is C19H19F3N4O2. The highest BCUT2D eigenvalue weighted by Gasteiger charge is 2.31. The van der Waals surface area contributed by atoms with E-state index in [1.54, 1.807) is 41.3 Å². The first-order valence-electron chi connectivity index (χ1n) is 8.67. The van der Waals surface area contributed by atoms with E-state index in [2.05, 4.69) is 10.9 Å². The molecule has 0 aromatic heterocycles. The Morgan fingerprint density at radius 3 is 2.18 bits per heavy atom. The largest absolute Gasteiger partial charge is 0.416 e. The van der Waals surface area contributed by atoms with Gasteiger partial charge in [0, 0.05) is 37.4 Å². The Kier molecular flexibility index (Phi) is 5.72. The van der Waals surface area contributed by atoms with E-state index in [1.807, 2.05) is 0 Å². The van der Waals surface area contributed by atoms with E-state index in [0.29, 0.717) is 37.4 Å². The fourth-order valence-electron chi connectivity index (χ4n) is 2.90. The number of hydrazine groups is 1. The van der Waals surface area contributed by atoms with Gasteiger partial charge in [-0.15, -0.1) is 0 Å². The van der Waals surface area contributed by atoms with Gasteiger partial charge in [0.1, 0.15) is 0 Å². The van der Waals surface area contributed by atoms with Gasteiger partial charge in [0.2, 0.25) is 0 Å². The number of piperazine rings is 1. The lowest BCUT2D eigenvalue weighted by Crippen LogP contribution is -2.55. The first kappa shape index (κ1) is 19.5. The third-order valence-corrected chi connectivity index (χ3v) is 4.42. The van der Waals surface area contributed by atoms with Crippen molar-refractivity contribution in [1.82, 2.24) is 15.8 Å². The minimum atomic E-state index is -4.39. The lowest BCUT2D eigenvalue weighted by molar-refractivity contribution is -0.137. The monoisotopic (exact) mass is 392 g/mol. The third-order valence-electron chi connectivity index (χ3n) is 4.42.